The van der Waals surface area contributed by atoms with Gasteiger partial charge in [0.05, 0.1) is 15.9 Å². The third kappa shape index (κ3) is 2.77. The molecule has 1 aliphatic rings. The fraction of sp³-hybridized carbons (Fsp3) is 0.500. The number of carbonyl (C=O) groups is 1. The molecule has 1 aromatic rings. The second-order valence-corrected chi connectivity index (χ2v) is 4.39. The van der Waals surface area contributed by atoms with E-state index < -0.39 is 17.8 Å². The number of nitrogens with zero attached hydrogens (tertiary/aromatic N) is 1. The second kappa shape index (κ2) is 4.20. The summed E-state index contributed by atoms with van der Waals surface area (Å²) in [7, 11) is 0. The maximum atomic E-state index is 12.5. The Bertz CT molecular complexity index is 382. The molecule has 1 fully saturated rings. The summed E-state index contributed by atoms with van der Waals surface area (Å²) in [4.78, 5) is 14.1. The first-order valence-corrected chi connectivity index (χ1v) is 4.84. The van der Waals surface area contributed by atoms with Gasteiger partial charge in [0.1, 0.15) is 0 Å². The molecule has 3 nitrogen and oxygen atoms in total. The fourth-order valence-corrected chi connectivity index (χ4v) is 2.03. The van der Waals surface area contributed by atoms with Crippen LogP contribution < -0.4 is 24.0 Å². The molecule has 15 heavy (non-hydrogen) atoms. The van der Waals surface area contributed by atoms with E-state index in [1.807, 2.05) is 0 Å². The van der Waals surface area contributed by atoms with Gasteiger partial charge < -0.3 is 9.90 Å². The molecule has 0 amide bonds. The average molecular weight is 225 g/mol. The van der Waals surface area contributed by atoms with Gasteiger partial charge >= 0.3 is 18.9 Å². The molecule has 76 valence electrons. The van der Waals surface area contributed by atoms with Gasteiger partial charge in [0.25, 0.3) is 5.92 Å². The molecule has 1 aliphatic carbocycles. The number of halogens is 2. The van der Waals surface area contributed by atoms with Crippen LogP contribution in [-0.4, -0.2) is 16.9 Å². The molecular weight excluding hydrogens is 219 g/mol. The number of aromatic carboxylic acids is 1. The van der Waals surface area contributed by atoms with Crippen molar-refractivity contribution in [3.8, 4) is 0 Å². The van der Waals surface area contributed by atoms with E-state index in [2.05, 4.69) is 4.98 Å². The first-order valence-electron chi connectivity index (χ1n) is 4.03. The summed E-state index contributed by atoms with van der Waals surface area (Å²) in [6.07, 6.45) is 1.19. The van der Waals surface area contributed by atoms with Crippen molar-refractivity contribution in [2.75, 3.05) is 0 Å². The van der Waals surface area contributed by atoms with Crippen LogP contribution in [0, 0.1) is 5.92 Å². The summed E-state index contributed by atoms with van der Waals surface area (Å²) in [6.45, 7) is 0. The van der Waals surface area contributed by atoms with Gasteiger partial charge in [-0.1, -0.05) is 0 Å². The molecule has 1 atom stereocenters. The second-order valence-electron chi connectivity index (χ2n) is 3.27. The Balaban J connectivity index is 0.00000112. The Labute approximate surface area is 101 Å². The molecule has 1 aromatic heterocycles. The van der Waals surface area contributed by atoms with Crippen molar-refractivity contribution >= 4 is 17.3 Å². The Kier molecular flexibility index (Phi) is 3.54. The number of carboxylic acid groups (broad SMARTS) is 1. The molecule has 7 heteroatoms. The predicted octanol–water partition coefficient (Wildman–Crippen LogP) is -2.29. The van der Waals surface area contributed by atoms with E-state index in [9.17, 15) is 18.7 Å². The number of hydrogen-bond donors (Lipinski definition) is 0. The molecular formula is C8H6F2LiNO2S. The summed E-state index contributed by atoms with van der Waals surface area (Å²) >= 11 is 0.904. The minimum Gasteiger partial charge on any atom is -0.544 e. The van der Waals surface area contributed by atoms with Gasteiger partial charge in [-0.2, -0.15) is 0 Å². The van der Waals surface area contributed by atoms with Gasteiger partial charge in [-0.3, -0.25) is 0 Å². The van der Waals surface area contributed by atoms with Crippen molar-refractivity contribution in [1.29, 1.82) is 0 Å². The zero-order chi connectivity index (χ0) is 10.3. The standard InChI is InChI=1S/C8H7F2NO2S.Li/c9-8(10)2-4(8)1-6-11-3-5(14-6)7(12)13;/h3-4H,1-2H2,(H,12,13);/q;+1/p-1. The van der Waals surface area contributed by atoms with Crippen molar-refractivity contribution in [3.05, 3.63) is 16.1 Å². The molecule has 0 saturated heterocycles. The Hall–Kier alpha value is -0.443. The van der Waals surface area contributed by atoms with Crippen molar-refractivity contribution < 1.29 is 37.5 Å². The van der Waals surface area contributed by atoms with Gasteiger partial charge in [-0.05, 0) is 0 Å². The van der Waals surface area contributed by atoms with Crippen molar-refractivity contribution in [2.45, 2.75) is 18.8 Å². The minimum absolute atomic E-state index is 0. The van der Waals surface area contributed by atoms with Gasteiger partial charge in [0, 0.05) is 25.0 Å². The van der Waals surface area contributed by atoms with Gasteiger partial charge in [0.2, 0.25) is 0 Å². The molecule has 1 heterocycles. The van der Waals surface area contributed by atoms with Gasteiger partial charge in [-0.15, -0.1) is 11.3 Å². The van der Waals surface area contributed by atoms with E-state index in [0.29, 0.717) is 5.01 Å². The molecule has 1 unspecified atom stereocenters. The van der Waals surface area contributed by atoms with Crippen LogP contribution in [0.25, 0.3) is 0 Å². The van der Waals surface area contributed by atoms with E-state index in [-0.39, 0.29) is 36.6 Å². The molecule has 0 aromatic carbocycles. The third-order valence-corrected chi connectivity index (χ3v) is 3.13. The summed E-state index contributed by atoms with van der Waals surface area (Å²) in [6, 6.07) is 0. The van der Waals surface area contributed by atoms with Crippen LogP contribution in [0.15, 0.2) is 6.20 Å². The maximum absolute atomic E-state index is 12.5. The first kappa shape index (κ1) is 12.6. The van der Waals surface area contributed by atoms with Gasteiger partial charge in [-0.25, -0.2) is 13.8 Å². The molecule has 0 aliphatic heterocycles. The summed E-state index contributed by atoms with van der Waals surface area (Å²) in [5.41, 5.74) is 0. The zero-order valence-electron chi connectivity index (χ0n) is 8.00. The molecule has 0 spiro atoms. The predicted molar refractivity (Wildman–Crippen MR) is 43.2 cm³/mol. The van der Waals surface area contributed by atoms with Gasteiger partial charge in [0.15, 0.2) is 0 Å². The van der Waals surface area contributed by atoms with E-state index >= 15 is 0 Å². The summed E-state index contributed by atoms with van der Waals surface area (Å²) < 4.78 is 25.0. The molecule has 0 radical (unpaired) electrons. The number of alkyl halides is 2. The number of thiazole rings is 1. The number of aromatic nitrogens is 1. The van der Waals surface area contributed by atoms with Crippen LogP contribution in [0.4, 0.5) is 8.78 Å². The summed E-state index contributed by atoms with van der Waals surface area (Å²) in [5, 5.41) is 10.8. The van der Waals surface area contributed by atoms with E-state index in [1.165, 1.54) is 0 Å². The van der Waals surface area contributed by atoms with E-state index in [0.717, 1.165) is 17.5 Å². The van der Waals surface area contributed by atoms with Crippen LogP contribution >= 0.6 is 11.3 Å². The molecule has 0 bridgehead atoms. The monoisotopic (exact) mass is 225 g/mol. The van der Waals surface area contributed by atoms with Crippen LogP contribution in [0.3, 0.4) is 0 Å². The maximum Gasteiger partial charge on any atom is 1.00 e. The normalized spacial score (nSPS) is 21.9. The molecule has 1 saturated carbocycles. The van der Waals surface area contributed by atoms with Crippen LogP contribution in [-0.2, 0) is 6.42 Å². The minimum atomic E-state index is -2.58. The Morgan fingerprint density at radius 1 is 1.73 bits per heavy atom. The zero-order valence-corrected chi connectivity index (χ0v) is 8.81. The first-order chi connectivity index (χ1) is 6.49. The smallest absolute Gasteiger partial charge is 0.544 e. The summed E-state index contributed by atoms with van der Waals surface area (Å²) in [5.74, 6) is -4.55. The van der Waals surface area contributed by atoms with Crippen LogP contribution in [0.2, 0.25) is 0 Å². The molecule has 2 rings (SSSR count). The number of carbonyl (C=O) groups excluding carboxylic acids is 1. The van der Waals surface area contributed by atoms with Crippen molar-refractivity contribution in [3.63, 3.8) is 0 Å². The average Bonchev–Trinajstić information content (AvgIpc) is 2.51. The Morgan fingerprint density at radius 2 is 2.33 bits per heavy atom. The fourth-order valence-electron chi connectivity index (χ4n) is 1.20. The SMILES string of the molecule is O=C([O-])c1cnc(CC2CC2(F)F)s1.[Li+]. The Morgan fingerprint density at radius 3 is 2.73 bits per heavy atom. The van der Waals surface area contributed by atoms with Crippen molar-refractivity contribution in [1.82, 2.24) is 4.98 Å². The van der Waals surface area contributed by atoms with Crippen LogP contribution in [0.1, 0.15) is 21.1 Å². The number of rotatable bonds is 3. The third-order valence-electron chi connectivity index (χ3n) is 2.13. The topological polar surface area (TPSA) is 53.0 Å². The van der Waals surface area contributed by atoms with Crippen LogP contribution in [0.5, 0.6) is 0 Å². The quantitative estimate of drug-likeness (QED) is 0.544. The number of hydrogen-bond acceptors (Lipinski definition) is 4. The molecule has 0 N–H and O–H groups in total. The number of carboxylic acids is 1. The van der Waals surface area contributed by atoms with E-state index in [4.69, 9.17) is 0 Å². The largest absolute Gasteiger partial charge is 1.00 e. The van der Waals surface area contributed by atoms with Crippen molar-refractivity contribution in [2.24, 2.45) is 5.92 Å². The van der Waals surface area contributed by atoms with E-state index in [1.54, 1.807) is 0 Å².